The monoisotopic (exact) mass is 576 g/mol. The van der Waals surface area contributed by atoms with Crippen molar-refractivity contribution in [2.75, 3.05) is 26.4 Å². The second-order valence-corrected chi connectivity index (χ2v) is 13.2. The minimum absolute atomic E-state index is 0.00880. The first-order chi connectivity index (χ1) is 18.6. The van der Waals surface area contributed by atoms with Crippen LogP contribution in [0.25, 0.3) is 0 Å². The fourth-order valence-corrected chi connectivity index (χ4v) is 7.40. The van der Waals surface area contributed by atoms with E-state index in [2.05, 4.69) is 8.80 Å². The van der Waals surface area contributed by atoms with Crippen LogP contribution in [0.4, 0.5) is 0 Å². The lowest BCUT2D eigenvalue weighted by Gasteiger charge is -2.24. The van der Waals surface area contributed by atoms with Crippen LogP contribution in [0.3, 0.4) is 0 Å². The number of nitrogens with two attached hydrogens (primary N) is 2. The summed E-state index contributed by atoms with van der Waals surface area (Å²) in [6.07, 6.45) is 3.93. The van der Waals surface area contributed by atoms with Crippen LogP contribution in [0.15, 0.2) is 45.2 Å². The van der Waals surface area contributed by atoms with Crippen molar-refractivity contribution in [3.05, 3.63) is 64.2 Å². The first-order valence-electron chi connectivity index (χ1n) is 12.8. The van der Waals surface area contributed by atoms with Gasteiger partial charge in [0.05, 0.1) is 29.8 Å². The van der Waals surface area contributed by atoms with Crippen molar-refractivity contribution in [1.82, 2.24) is 0 Å². The third kappa shape index (κ3) is 6.43. The van der Waals surface area contributed by atoms with Gasteiger partial charge in [-0.3, -0.25) is 0 Å². The minimum atomic E-state index is -3.51. The summed E-state index contributed by atoms with van der Waals surface area (Å²) in [4.78, 5) is 0. The average Bonchev–Trinajstić information content (AvgIpc) is 3.41. The van der Waals surface area contributed by atoms with Crippen molar-refractivity contribution in [2.24, 2.45) is 26.2 Å². The number of sulfonamides is 2. The average molecular weight is 577 g/mol. The van der Waals surface area contributed by atoms with E-state index in [0.717, 1.165) is 62.2 Å². The molecule has 0 aromatic heterocycles. The Kier molecular flexibility index (Phi) is 7.94. The third-order valence-electron chi connectivity index (χ3n) is 7.05. The zero-order chi connectivity index (χ0) is 27.6. The highest BCUT2D eigenvalue weighted by Crippen LogP contribution is 2.34. The molecule has 0 radical (unpaired) electrons. The van der Waals surface area contributed by atoms with Gasteiger partial charge in [0.2, 0.25) is 0 Å². The van der Waals surface area contributed by atoms with Crippen molar-refractivity contribution < 1.29 is 31.0 Å². The summed E-state index contributed by atoms with van der Waals surface area (Å²) < 4.78 is 70.4. The zero-order valence-corrected chi connectivity index (χ0v) is 23.0. The van der Waals surface area contributed by atoms with Gasteiger partial charge in [0, 0.05) is 25.4 Å². The zero-order valence-electron chi connectivity index (χ0n) is 21.4. The summed E-state index contributed by atoms with van der Waals surface area (Å²) in [5.74, 6) is 0.956. The third-order valence-corrected chi connectivity index (χ3v) is 9.35. The number of benzene rings is 2. The van der Waals surface area contributed by atoms with Gasteiger partial charge in [0.1, 0.15) is 17.4 Å². The summed E-state index contributed by atoms with van der Waals surface area (Å²) >= 11 is 0. The SMILES string of the molecule is NC1=NS(=O)(=O)Cc2cccc(C3CCCO3)c21.NC1=NS(=O)(=O)Cc2cccc(OCC3CCOCC3)c21. The summed E-state index contributed by atoms with van der Waals surface area (Å²) in [6.45, 7) is 2.86. The van der Waals surface area contributed by atoms with Crippen LogP contribution in [0, 0.1) is 5.92 Å². The largest absolute Gasteiger partial charge is 0.493 e. The highest BCUT2D eigenvalue weighted by molar-refractivity contribution is 7.89. The molecule has 2 saturated heterocycles. The van der Waals surface area contributed by atoms with Crippen LogP contribution < -0.4 is 16.2 Å². The molecule has 13 heteroatoms. The van der Waals surface area contributed by atoms with Gasteiger partial charge in [-0.25, -0.2) is 16.8 Å². The van der Waals surface area contributed by atoms with E-state index in [1.165, 1.54) is 0 Å². The number of ether oxygens (including phenoxy) is 3. The van der Waals surface area contributed by atoms with Crippen molar-refractivity contribution in [3.63, 3.8) is 0 Å². The molecule has 1 atom stereocenters. The molecule has 2 aromatic carbocycles. The summed E-state index contributed by atoms with van der Waals surface area (Å²) in [5.41, 5.74) is 15.3. The highest BCUT2D eigenvalue weighted by atomic mass is 32.2. The number of rotatable bonds is 4. The Morgan fingerprint density at radius 3 is 2.08 bits per heavy atom. The fourth-order valence-electron chi connectivity index (χ4n) is 5.22. The van der Waals surface area contributed by atoms with Gasteiger partial charge in [-0.05, 0) is 54.4 Å². The fraction of sp³-hybridized carbons (Fsp3) is 0.462. The molecule has 0 spiro atoms. The second-order valence-electron chi connectivity index (χ2n) is 9.95. The molecule has 4 heterocycles. The van der Waals surface area contributed by atoms with Crippen molar-refractivity contribution in [1.29, 1.82) is 0 Å². The Bertz CT molecular complexity index is 1510. The normalized spacial score (nSPS) is 23.3. The van der Waals surface area contributed by atoms with E-state index >= 15 is 0 Å². The van der Waals surface area contributed by atoms with Crippen LogP contribution in [-0.4, -0.2) is 54.9 Å². The van der Waals surface area contributed by atoms with Gasteiger partial charge in [-0.2, -0.15) is 0 Å². The van der Waals surface area contributed by atoms with Crippen molar-refractivity contribution >= 4 is 31.7 Å². The van der Waals surface area contributed by atoms with Gasteiger partial charge in [0.15, 0.2) is 0 Å². The molecule has 4 aliphatic rings. The molecular formula is C26H32N4O7S2. The van der Waals surface area contributed by atoms with Crippen LogP contribution in [0.2, 0.25) is 0 Å². The maximum atomic E-state index is 11.6. The highest BCUT2D eigenvalue weighted by Gasteiger charge is 2.29. The van der Waals surface area contributed by atoms with E-state index in [0.29, 0.717) is 29.4 Å². The molecule has 0 saturated carbocycles. The van der Waals surface area contributed by atoms with Crippen molar-refractivity contribution in [3.8, 4) is 5.75 Å². The Morgan fingerprint density at radius 2 is 1.44 bits per heavy atom. The molecule has 2 aromatic rings. The Labute approximate surface area is 228 Å². The molecule has 4 aliphatic heterocycles. The number of hydrogen-bond acceptors (Lipinski definition) is 9. The van der Waals surface area contributed by atoms with Crippen LogP contribution >= 0.6 is 0 Å². The number of amidine groups is 2. The minimum Gasteiger partial charge on any atom is -0.493 e. The molecule has 11 nitrogen and oxygen atoms in total. The van der Waals surface area contributed by atoms with Gasteiger partial charge >= 0.3 is 0 Å². The molecule has 39 heavy (non-hydrogen) atoms. The van der Waals surface area contributed by atoms with E-state index in [-0.39, 0.29) is 29.3 Å². The number of nitrogens with zero attached hydrogens (tertiary/aromatic N) is 2. The maximum Gasteiger partial charge on any atom is 0.259 e. The summed E-state index contributed by atoms with van der Waals surface area (Å²) in [5, 5.41) is 0. The number of hydrogen-bond donors (Lipinski definition) is 2. The predicted molar refractivity (Wildman–Crippen MR) is 147 cm³/mol. The Balaban J connectivity index is 0.000000160. The topological polar surface area (TPSA) is 173 Å². The molecule has 0 aliphatic carbocycles. The number of fused-ring (bicyclic) bond motifs is 2. The molecule has 210 valence electrons. The van der Waals surface area contributed by atoms with E-state index < -0.39 is 20.0 Å². The lowest BCUT2D eigenvalue weighted by molar-refractivity contribution is 0.0497. The summed E-state index contributed by atoms with van der Waals surface area (Å²) in [7, 11) is -6.97. The Hall–Kier alpha value is -3.00. The van der Waals surface area contributed by atoms with Gasteiger partial charge in [-0.1, -0.05) is 30.3 Å². The molecule has 0 amide bonds. The van der Waals surface area contributed by atoms with Crippen LogP contribution in [-0.2, 0) is 41.0 Å². The van der Waals surface area contributed by atoms with Crippen LogP contribution in [0.5, 0.6) is 5.75 Å². The molecule has 0 bridgehead atoms. The van der Waals surface area contributed by atoms with Gasteiger partial charge in [0.25, 0.3) is 20.0 Å². The Morgan fingerprint density at radius 1 is 0.821 bits per heavy atom. The van der Waals surface area contributed by atoms with Crippen molar-refractivity contribution in [2.45, 2.75) is 43.3 Å². The van der Waals surface area contributed by atoms with E-state index in [4.69, 9.17) is 25.7 Å². The first kappa shape index (κ1) is 27.6. The quantitative estimate of drug-likeness (QED) is 0.553. The first-order valence-corrected chi connectivity index (χ1v) is 16.1. The molecular weight excluding hydrogens is 544 g/mol. The van der Waals surface area contributed by atoms with Crippen LogP contribution in [0.1, 0.15) is 59.6 Å². The standard InChI is InChI=1S/C14H18N2O4S.C12H14N2O3S/c15-14-13-11(9-21(17,18)16-14)2-1-3-12(13)20-8-10-4-6-19-7-5-10;13-12-11-8(7-18(15,16)14-12)3-1-4-9(11)10-5-2-6-17-10/h1-3,10H,4-9H2,(H2,15,16);1,3-4,10H,2,5-7H2,(H2,13,14). The van der Waals surface area contributed by atoms with E-state index in [9.17, 15) is 16.8 Å². The van der Waals surface area contributed by atoms with E-state index in [1.807, 2.05) is 12.1 Å². The predicted octanol–water partition coefficient (Wildman–Crippen LogP) is 2.13. The van der Waals surface area contributed by atoms with Gasteiger partial charge in [-0.15, -0.1) is 8.80 Å². The lowest BCUT2D eigenvalue weighted by atomic mass is 9.95. The summed E-state index contributed by atoms with van der Waals surface area (Å²) in [6, 6.07) is 10.9. The van der Waals surface area contributed by atoms with Gasteiger partial charge < -0.3 is 25.7 Å². The molecule has 6 rings (SSSR count). The molecule has 1 unspecified atom stereocenters. The molecule has 2 fully saturated rings. The lowest BCUT2D eigenvalue weighted by Crippen LogP contribution is -2.26. The second kappa shape index (κ2) is 11.2. The van der Waals surface area contributed by atoms with E-state index in [1.54, 1.807) is 24.3 Å². The smallest absolute Gasteiger partial charge is 0.259 e. The maximum absolute atomic E-state index is 11.6. The molecule has 4 N–H and O–H groups in total.